The van der Waals surface area contributed by atoms with Gasteiger partial charge in [0.05, 0.1) is 18.1 Å². The van der Waals surface area contributed by atoms with E-state index in [0.717, 1.165) is 9.56 Å². The Morgan fingerprint density at radius 3 is 2.47 bits per heavy atom. The van der Waals surface area contributed by atoms with Gasteiger partial charge in [0.15, 0.2) is 12.3 Å². The zero-order valence-corrected chi connectivity index (χ0v) is 17.6. The summed E-state index contributed by atoms with van der Waals surface area (Å²) in [5, 5.41) is 7.52. The molecule has 10 heteroatoms. The molecule has 0 unspecified atom stereocenters. The van der Waals surface area contributed by atoms with Gasteiger partial charge in [-0.05, 0) is 25.5 Å². The van der Waals surface area contributed by atoms with Crippen LogP contribution in [0.15, 0.2) is 29.1 Å². The number of aryl methyl sites for hydroxylation is 2. The summed E-state index contributed by atoms with van der Waals surface area (Å²) in [5.74, 6) is -2.03. The van der Waals surface area contributed by atoms with E-state index in [-0.39, 0.29) is 16.8 Å². The number of carbonyl (C=O) groups is 3. The lowest BCUT2D eigenvalue weighted by molar-refractivity contribution is -0.119. The number of esters is 2. The highest BCUT2D eigenvalue weighted by molar-refractivity contribution is 7.16. The molecule has 9 nitrogen and oxygen atoms in total. The average Bonchev–Trinajstić information content (AvgIpc) is 3.01. The summed E-state index contributed by atoms with van der Waals surface area (Å²) in [5.41, 5.74) is 0.558. The van der Waals surface area contributed by atoms with Crippen molar-refractivity contribution < 1.29 is 23.9 Å². The maximum absolute atomic E-state index is 12.5. The third-order valence-corrected chi connectivity index (χ3v) is 5.63. The van der Waals surface area contributed by atoms with Crippen LogP contribution < -0.4 is 10.9 Å². The first-order valence-electron chi connectivity index (χ1n) is 8.86. The number of nitrogens with one attached hydrogen (secondary N) is 1. The second-order valence-corrected chi connectivity index (χ2v) is 7.65. The van der Waals surface area contributed by atoms with Crippen LogP contribution in [0.2, 0.25) is 0 Å². The van der Waals surface area contributed by atoms with E-state index in [9.17, 15) is 19.2 Å². The highest BCUT2D eigenvalue weighted by atomic mass is 32.1. The number of thiophene rings is 1. The van der Waals surface area contributed by atoms with Gasteiger partial charge in [-0.25, -0.2) is 14.3 Å². The fourth-order valence-electron chi connectivity index (χ4n) is 2.88. The molecule has 1 N–H and O–H groups in total. The maximum Gasteiger partial charge on any atom is 0.359 e. The summed E-state index contributed by atoms with van der Waals surface area (Å²) in [6.07, 6.45) is 0. The van der Waals surface area contributed by atoms with Crippen LogP contribution in [-0.2, 0) is 21.3 Å². The second kappa shape index (κ2) is 8.46. The Labute approximate surface area is 175 Å². The van der Waals surface area contributed by atoms with Gasteiger partial charge in [0, 0.05) is 17.3 Å². The number of nitrogens with zero attached hydrogens (tertiary/aromatic N) is 2. The molecule has 1 aromatic carbocycles. The summed E-state index contributed by atoms with van der Waals surface area (Å²) >= 11 is 1.23. The number of ether oxygens (including phenoxy) is 2. The van der Waals surface area contributed by atoms with Crippen LogP contribution in [0.4, 0.5) is 5.00 Å². The van der Waals surface area contributed by atoms with Gasteiger partial charge in [-0.3, -0.25) is 9.59 Å². The molecule has 0 aliphatic heterocycles. The molecule has 0 saturated carbocycles. The van der Waals surface area contributed by atoms with Crippen molar-refractivity contribution in [3.8, 4) is 0 Å². The number of benzene rings is 1. The van der Waals surface area contributed by atoms with E-state index < -0.39 is 24.5 Å². The average molecular weight is 429 g/mol. The number of carbonyl (C=O) groups excluding carboxylic acids is 3. The van der Waals surface area contributed by atoms with Crippen LogP contribution in [0, 0.1) is 13.8 Å². The van der Waals surface area contributed by atoms with Gasteiger partial charge in [-0.15, -0.1) is 11.3 Å². The van der Waals surface area contributed by atoms with E-state index in [4.69, 9.17) is 9.47 Å². The summed E-state index contributed by atoms with van der Waals surface area (Å²) in [4.78, 5) is 49.8. The third-order valence-electron chi connectivity index (χ3n) is 4.51. The molecule has 0 radical (unpaired) electrons. The Morgan fingerprint density at radius 2 is 1.80 bits per heavy atom. The summed E-state index contributed by atoms with van der Waals surface area (Å²) in [6.45, 7) is 2.98. The van der Waals surface area contributed by atoms with Gasteiger partial charge in [0.25, 0.3) is 11.5 Å². The van der Waals surface area contributed by atoms with Crippen LogP contribution in [0.5, 0.6) is 0 Å². The first-order chi connectivity index (χ1) is 14.2. The number of fused-ring (bicyclic) bond motifs is 1. The molecule has 0 atom stereocenters. The van der Waals surface area contributed by atoms with Crippen molar-refractivity contribution in [3.63, 3.8) is 0 Å². The van der Waals surface area contributed by atoms with E-state index in [1.54, 1.807) is 31.2 Å². The van der Waals surface area contributed by atoms with Crippen molar-refractivity contribution in [1.82, 2.24) is 9.78 Å². The highest BCUT2D eigenvalue weighted by Crippen LogP contribution is 2.32. The van der Waals surface area contributed by atoms with Gasteiger partial charge in [-0.1, -0.05) is 18.2 Å². The number of rotatable bonds is 5. The summed E-state index contributed by atoms with van der Waals surface area (Å²) in [7, 11) is 2.68. The van der Waals surface area contributed by atoms with E-state index in [2.05, 4.69) is 10.4 Å². The maximum atomic E-state index is 12.5. The quantitative estimate of drug-likeness (QED) is 0.618. The molecule has 0 aliphatic carbocycles. The number of hydrogen-bond donors (Lipinski definition) is 1. The summed E-state index contributed by atoms with van der Waals surface area (Å²) in [6, 6.07) is 6.51. The predicted molar refractivity (Wildman–Crippen MR) is 111 cm³/mol. The van der Waals surface area contributed by atoms with Crippen LogP contribution in [0.25, 0.3) is 10.8 Å². The molecule has 0 saturated heterocycles. The predicted octanol–water partition coefficient (Wildman–Crippen LogP) is 2.19. The molecular weight excluding hydrogens is 410 g/mol. The molecule has 1 amide bonds. The van der Waals surface area contributed by atoms with Crippen molar-refractivity contribution >= 4 is 45.0 Å². The molecule has 2 aromatic heterocycles. The van der Waals surface area contributed by atoms with Crippen molar-refractivity contribution in [1.29, 1.82) is 0 Å². The van der Waals surface area contributed by atoms with Gasteiger partial charge in [-0.2, -0.15) is 5.10 Å². The molecular formula is C20H19N3O6S. The molecule has 3 rings (SSSR count). The Hall–Kier alpha value is -3.53. The van der Waals surface area contributed by atoms with Crippen LogP contribution in [0.1, 0.15) is 31.3 Å². The fraction of sp³-hybridized carbons (Fsp3) is 0.250. The second-order valence-electron chi connectivity index (χ2n) is 6.43. The minimum absolute atomic E-state index is 0.0708. The molecule has 30 heavy (non-hydrogen) atoms. The first-order valence-corrected chi connectivity index (χ1v) is 9.67. The van der Waals surface area contributed by atoms with Crippen molar-refractivity contribution in [2.24, 2.45) is 7.05 Å². The van der Waals surface area contributed by atoms with Gasteiger partial charge < -0.3 is 14.8 Å². The van der Waals surface area contributed by atoms with Crippen LogP contribution in [0.3, 0.4) is 0 Å². The molecule has 0 aliphatic rings. The lowest BCUT2D eigenvalue weighted by Gasteiger charge is -2.09. The van der Waals surface area contributed by atoms with Gasteiger partial charge >= 0.3 is 11.9 Å². The molecule has 2 heterocycles. The zero-order valence-electron chi connectivity index (χ0n) is 16.8. The molecule has 0 fully saturated rings. The Bertz CT molecular complexity index is 1230. The zero-order chi connectivity index (χ0) is 22.0. The minimum atomic E-state index is -0.844. The topological polar surface area (TPSA) is 117 Å². The number of amides is 1. The highest BCUT2D eigenvalue weighted by Gasteiger charge is 2.23. The van der Waals surface area contributed by atoms with Crippen molar-refractivity contribution in [2.75, 3.05) is 19.0 Å². The normalized spacial score (nSPS) is 10.7. The largest absolute Gasteiger partial charge is 0.465 e. The van der Waals surface area contributed by atoms with E-state index >= 15 is 0 Å². The Morgan fingerprint density at radius 1 is 1.13 bits per heavy atom. The third kappa shape index (κ3) is 3.94. The Balaban J connectivity index is 1.77. The minimum Gasteiger partial charge on any atom is -0.465 e. The van der Waals surface area contributed by atoms with E-state index in [1.165, 1.54) is 25.5 Å². The fourth-order valence-corrected chi connectivity index (χ4v) is 3.94. The molecule has 156 valence electrons. The van der Waals surface area contributed by atoms with E-state index in [0.29, 0.717) is 21.3 Å². The van der Waals surface area contributed by atoms with Crippen LogP contribution >= 0.6 is 11.3 Å². The number of anilines is 1. The number of aromatic nitrogens is 2. The van der Waals surface area contributed by atoms with E-state index in [1.807, 2.05) is 6.92 Å². The number of hydrogen-bond acceptors (Lipinski definition) is 8. The summed E-state index contributed by atoms with van der Waals surface area (Å²) < 4.78 is 10.9. The Kier molecular flexibility index (Phi) is 5.97. The lowest BCUT2D eigenvalue weighted by atomic mass is 10.1. The van der Waals surface area contributed by atoms with Gasteiger partial charge in [0.2, 0.25) is 0 Å². The van der Waals surface area contributed by atoms with Crippen LogP contribution in [-0.4, -0.2) is 41.3 Å². The van der Waals surface area contributed by atoms with Crippen molar-refractivity contribution in [2.45, 2.75) is 13.8 Å². The SMILES string of the molecule is COC(=O)c1c(NC(=O)COC(=O)c2nn(C)c(=O)c3ccccc23)sc(C)c1C. The molecule has 3 aromatic rings. The van der Waals surface area contributed by atoms with Gasteiger partial charge in [0.1, 0.15) is 5.00 Å². The standard InChI is InChI=1S/C20H19N3O6S/c1-10-11(2)30-17(15(10)19(26)28-4)21-14(24)9-29-20(27)16-12-7-5-6-8-13(12)18(25)23(3)22-16/h5-8H,9H2,1-4H3,(H,21,24). The first kappa shape index (κ1) is 21.2. The monoisotopic (exact) mass is 429 g/mol. The smallest absolute Gasteiger partial charge is 0.359 e. The van der Waals surface area contributed by atoms with Crippen molar-refractivity contribution in [3.05, 3.63) is 56.3 Å². The molecule has 0 spiro atoms. The lowest BCUT2D eigenvalue weighted by Crippen LogP contribution is -2.26. The number of methoxy groups -OCH3 is 1. The molecule has 0 bridgehead atoms.